The van der Waals surface area contributed by atoms with E-state index in [-0.39, 0.29) is 17.1 Å². The van der Waals surface area contributed by atoms with Crippen molar-refractivity contribution in [3.8, 4) is 11.3 Å². The predicted molar refractivity (Wildman–Crippen MR) is 214 cm³/mol. The van der Waals surface area contributed by atoms with Crippen LogP contribution in [0.1, 0.15) is 63.5 Å². The average molecular weight is 820 g/mol. The standard InChI is InChI=1S/C40H54N2O12S2/c1-5-41(20-10-28-55(45,46)51-4)32-14-16-34-31(18-22-54-37(34)29-32)11-9-12-38-40(2,19-23-52-26-27-53-25-24-50-3)35-30-33(56(47,48)49)15-17-36(35)42(38)21-8-6-7-13-39(43)44/h9,11-12,14-18,22,29-30H,5-8,10,13,19-21,23-28H2,1-4H3,(H-,43,44,47,48,49)/p+1. The molecule has 0 saturated heterocycles. The van der Waals surface area contributed by atoms with Gasteiger partial charge in [0, 0.05) is 61.5 Å². The summed E-state index contributed by atoms with van der Waals surface area (Å²) in [5.41, 5.74) is 3.47. The summed E-state index contributed by atoms with van der Waals surface area (Å²) in [7, 11) is -5.26. The summed E-state index contributed by atoms with van der Waals surface area (Å²) in [5.74, 6) is -0.261. The Kier molecular flexibility index (Phi) is 16.8. The summed E-state index contributed by atoms with van der Waals surface area (Å²) in [5, 5.41) is 10.0. The van der Waals surface area contributed by atoms with Crippen LogP contribution >= 0.6 is 0 Å². The Labute approximate surface area is 330 Å². The summed E-state index contributed by atoms with van der Waals surface area (Å²) >= 11 is 0. The fourth-order valence-electron chi connectivity index (χ4n) is 6.85. The van der Waals surface area contributed by atoms with Crippen LogP contribution < -0.4 is 14.8 Å². The third-order valence-electron chi connectivity index (χ3n) is 9.90. The number of benzene rings is 2. The molecule has 1 aliphatic carbocycles. The van der Waals surface area contributed by atoms with E-state index < -0.39 is 31.6 Å². The van der Waals surface area contributed by atoms with Gasteiger partial charge in [0.15, 0.2) is 0 Å². The van der Waals surface area contributed by atoms with Crippen molar-refractivity contribution >= 4 is 38.0 Å². The fourth-order valence-corrected chi connectivity index (χ4v) is 8.00. The minimum atomic E-state index is -4.49. The average Bonchev–Trinajstić information content (AvgIpc) is 3.39. The van der Waals surface area contributed by atoms with Gasteiger partial charge in [-0.05, 0) is 80.6 Å². The molecule has 0 aromatic heterocycles. The number of unbranched alkanes of at least 4 members (excludes halogenated alkanes) is 2. The zero-order chi connectivity index (χ0) is 40.8. The SMILES string of the molecule is CC[N+](CCCS(=O)(=O)OC)=c1ccc2c(/C=C/C=C3/N(CCCCCC(=O)O)c4ccc(S(=O)(=O)O)cc4C3(C)CCOCCOCCOC)ccoc-2c1. The van der Waals surface area contributed by atoms with Gasteiger partial charge in [0.2, 0.25) is 5.36 Å². The number of nitrogens with zero attached hydrogens (tertiary/aromatic N) is 2. The molecule has 0 fully saturated rings. The van der Waals surface area contributed by atoms with Crippen LogP contribution in [0.3, 0.4) is 0 Å². The van der Waals surface area contributed by atoms with Crippen LogP contribution in [0, 0.1) is 0 Å². The number of hydrogen-bond donors (Lipinski definition) is 2. The van der Waals surface area contributed by atoms with Gasteiger partial charge in [-0.25, -0.2) is 4.58 Å². The highest BCUT2D eigenvalue weighted by Crippen LogP contribution is 2.51. The van der Waals surface area contributed by atoms with Crippen molar-refractivity contribution < 1.29 is 54.1 Å². The molecule has 308 valence electrons. The molecule has 16 heteroatoms. The van der Waals surface area contributed by atoms with Crippen molar-refractivity contribution in [1.82, 2.24) is 4.58 Å². The molecule has 14 nitrogen and oxygen atoms in total. The zero-order valence-electron chi connectivity index (χ0n) is 32.6. The number of anilines is 1. The molecule has 1 atom stereocenters. The summed E-state index contributed by atoms with van der Waals surface area (Å²) in [6.07, 6.45) is 10.5. The second kappa shape index (κ2) is 21.0. The maximum Gasteiger partial charge on any atom is 0.303 e. The first-order valence-electron chi connectivity index (χ1n) is 18.8. The van der Waals surface area contributed by atoms with Gasteiger partial charge in [0.1, 0.15) is 18.8 Å². The lowest BCUT2D eigenvalue weighted by Crippen LogP contribution is -2.31. The van der Waals surface area contributed by atoms with Gasteiger partial charge in [0.25, 0.3) is 20.2 Å². The van der Waals surface area contributed by atoms with Gasteiger partial charge in [-0.3, -0.25) is 13.5 Å². The first kappa shape index (κ1) is 44.8. The van der Waals surface area contributed by atoms with Crippen LogP contribution in [0.25, 0.3) is 17.4 Å². The van der Waals surface area contributed by atoms with Crippen molar-refractivity contribution in [2.75, 3.05) is 77.5 Å². The first-order valence-corrected chi connectivity index (χ1v) is 21.8. The smallest absolute Gasteiger partial charge is 0.303 e. The number of ether oxygens (including phenoxy) is 3. The minimum absolute atomic E-state index is 0.0757. The lowest BCUT2D eigenvalue weighted by molar-refractivity contribution is -0.137. The van der Waals surface area contributed by atoms with Gasteiger partial charge in [-0.15, -0.1) is 0 Å². The molecule has 0 spiro atoms. The van der Waals surface area contributed by atoms with Gasteiger partial charge in [-0.1, -0.05) is 18.6 Å². The molecule has 0 bridgehead atoms. The van der Waals surface area contributed by atoms with Crippen molar-refractivity contribution in [1.29, 1.82) is 0 Å². The molecule has 0 radical (unpaired) electrons. The molecule has 0 amide bonds. The van der Waals surface area contributed by atoms with E-state index in [0.717, 1.165) is 40.5 Å². The molecule has 1 aromatic rings. The largest absolute Gasteiger partial charge is 0.481 e. The van der Waals surface area contributed by atoms with Gasteiger partial charge >= 0.3 is 5.97 Å². The van der Waals surface area contributed by atoms with E-state index in [2.05, 4.69) is 13.7 Å². The molecule has 2 aliphatic heterocycles. The van der Waals surface area contributed by atoms with Crippen LogP contribution in [-0.2, 0) is 48.8 Å². The third-order valence-corrected chi connectivity index (χ3v) is 12.0. The van der Waals surface area contributed by atoms with Crippen molar-refractivity contribution in [3.63, 3.8) is 0 Å². The second-order valence-corrected chi connectivity index (χ2v) is 16.9. The van der Waals surface area contributed by atoms with E-state index in [1.54, 1.807) is 19.4 Å². The minimum Gasteiger partial charge on any atom is -0.481 e. The van der Waals surface area contributed by atoms with Crippen LogP contribution in [0.5, 0.6) is 0 Å². The van der Waals surface area contributed by atoms with Gasteiger partial charge in [0.05, 0.1) is 56.5 Å². The first-order chi connectivity index (χ1) is 26.7. The van der Waals surface area contributed by atoms with Gasteiger partial charge in [-0.2, -0.15) is 16.8 Å². The number of hydrogen-bond acceptors (Lipinski definition) is 11. The maximum absolute atomic E-state index is 12.3. The molecule has 1 unspecified atom stereocenters. The topological polar surface area (TPSA) is 182 Å². The molecule has 1 aromatic carbocycles. The summed E-state index contributed by atoms with van der Waals surface area (Å²) in [4.78, 5) is 13.1. The molecular formula is C40H55N2O12S2+. The number of fused-ring (bicyclic) bond motifs is 2. The van der Waals surface area contributed by atoms with Crippen molar-refractivity contribution in [2.24, 2.45) is 0 Å². The Bertz CT molecular complexity index is 2090. The Hall–Kier alpha value is -3.90. The third kappa shape index (κ3) is 12.3. The highest BCUT2D eigenvalue weighted by atomic mass is 32.2. The number of allylic oxidation sites excluding steroid dienone is 3. The number of carbonyl (C=O) groups is 1. The van der Waals surface area contributed by atoms with E-state index in [0.29, 0.717) is 90.5 Å². The Morgan fingerprint density at radius 2 is 1.70 bits per heavy atom. The van der Waals surface area contributed by atoms with Crippen LogP contribution in [0.4, 0.5) is 5.69 Å². The molecule has 3 aliphatic rings. The van der Waals surface area contributed by atoms with E-state index in [1.165, 1.54) is 12.1 Å². The monoisotopic (exact) mass is 819 g/mol. The highest BCUT2D eigenvalue weighted by molar-refractivity contribution is 7.86. The van der Waals surface area contributed by atoms with E-state index in [9.17, 15) is 26.2 Å². The van der Waals surface area contributed by atoms with Crippen LogP contribution in [0.2, 0.25) is 0 Å². The van der Waals surface area contributed by atoms with Gasteiger partial charge < -0.3 is 28.6 Å². The number of aliphatic carboxylic acids is 1. The van der Waals surface area contributed by atoms with E-state index in [4.69, 9.17) is 23.7 Å². The Balaban J connectivity index is 1.69. The predicted octanol–water partition coefficient (Wildman–Crippen LogP) is 5.18. The quantitative estimate of drug-likeness (QED) is 0.0523. The molecule has 2 N–H and O–H groups in total. The molecule has 56 heavy (non-hydrogen) atoms. The van der Waals surface area contributed by atoms with Crippen molar-refractivity contribution in [3.05, 3.63) is 83.1 Å². The lowest BCUT2D eigenvalue weighted by atomic mass is 9.78. The summed E-state index contributed by atoms with van der Waals surface area (Å²) in [6, 6.07) is 12.4. The van der Waals surface area contributed by atoms with Crippen molar-refractivity contribution in [2.45, 2.75) is 62.7 Å². The fraction of sp³-hybridized carbons (Fsp3) is 0.500. The lowest BCUT2D eigenvalue weighted by Gasteiger charge is -2.30. The van der Waals surface area contributed by atoms with Crippen LogP contribution in [-0.4, -0.2) is 105 Å². The Morgan fingerprint density at radius 3 is 2.39 bits per heavy atom. The molecular weight excluding hydrogens is 765 g/mol. The number of rotatable bonds is 24. The normalized spacial score (nSPS) is 17.3. The molecule has 4 rings (SSSR count). The number of methoxy groups -OCH3 is 1. The molecule has 2 heterocycles. The molecule has 0 saturated carbocycles. The second-order valence-electron chi connectivity index (χ2n) is 13.6. The Morgan fingerprint density at radius 1 is 0.946 bits per heavy atom. The van der Waals surface area contributed by atoms with Crippen LogP contribution in [0.15, 0.2) is 75.9 Å². The number of carboxylic acid groups (broad SMARTS) is 1. The number of carboxylic acids is 1. The van der Waals surface area contributed by atoms with E-state index in [1.807, 2.05) is 56.3 Å². The van der Waals surface area contributed by atoms with E-state index >= 15 is 0 Å². The summed E-state index contributed by atoms with van der Waals surface area (Å²) < 4.78 is 87.3. The maximum atomic E-state index is 12.3. The highest BCUT2D eigenvalue weighted by Gasteiger charge is 2.43. The summed E-state index contributed by atoms with van der Waals surface area (Å²) in [6.45, 7) is 7.82. The zero-order valence-corrected chi connectivity index (χ0v) is 34.3.